The lowest BCUT2D eigenvalue weighted by Crippen LogP contribution is -2.43. The summed E-state index contributed by atoms with van der Waals surface area (Å²) in [7, 11) is 4.05. The fourth-order valence-electron chi connectivity index (χ4n) is 2.15. The third kappa shape index (κ3) is 6.12. The number of nitrogens with zero attached hydrogens (tertiary/aromatic N) is 3. The Bertz CT molecular complexity index is 670. The predicted octanol–water partition coefficient (Wildman–Crippen LogP) is 1.82. The fourth-order valence-corrected chi connectivity index (χ4v) is 2.15. The van der Waals surface area contributed by atoms with Crippen molar-refractivity contribution >= 4 is 18.3 Å². The number of hydrogen-bond acceptors (Lipinski definition) is 6. The molecule has 2 aromatic rings. The Hall–Kier alpha value is -1.96. The molecule has 0 saturated heterocycles. The zero-order chi connectivity index (χ0) is 17.7. The van der Waals surface area contributed by atoms with Gasteiger partial charge in [0.15, 0.2) is 0 Å². The Morgan fingerprint density at radius 1 is 1.28 bits per heavy atom. The molecule has 1 amide bonds. The van der Waals surface area contributed by atoms with Crippen molar-refractivity contribution in [3.63, 3.8) is 0 Å². The van der Waals surface area contributed by atoms with Gasteiger partial charge in [0, 0.05) is 12.1 Å². The molecule has 2 rings (SSSR count). The van der Waals surface area contributed by atoms with Gasteiger partial charge in [-0.15, -0.1) is 12.4 Å². The molecular formula is C17H26ClN5O2. The summed E-state index contributed by atoms with van der Waals surface area (Å²) in [5, 5.41) is 6.67. The van der Waals surface area contributed by atoms with Crippen LogP contribution in [-0.2, 0) is 17.9 Å². The number of amides is 1. The van der Waals surface area contributed by atoms with Crippen LogP contribution in [0.2, 0.25) is 0 Å². The lowest BCUT2D eigenvalue weighted by molar-refractivity contribution is -0.123. The van der Waals surface area contributed by atoms with E-state index in [1.807, 2.05) is 52.2 Å². The van der Waals surface area contributed by atoms with Crippen molar-refractivity contribution in [3.8, 4) is 11.4 Å². The molecule has 138 valence electrons. The fraction of sp³-hybridized carbons (Fsp3) is 0.471. The summed E-state index contributed by atoms with van der Waals surface area (Å²) >= 11 is 0. The zero-order valence-electron chi connectivity index (χ0n) is 15.0. The van der Waals surface area contributed by atoms with Crippen LogP contribution in [0.25, 0.3) is 11.4 Å². The van der Waals surface area contributed by atoms with Crippen LogP contribution in [-0.4, -0.2) is 41.1 Å². The van der Waals surface area contributed by atoms with Crippen molar-refractivity contribution in [2.45, 2.75) is 33.0 Å². The standard InChI is InChI=1S/C17H25N5O2.ClH/c1-11(2)15(18)17(23)19-9-14-20-16(21-24-14)13-7-5-12(6-8-13)10-22(3)4;/h5-8,11,15H,9-10,18H2,1-4H3,(H,19,23);1H/t15-;/m0./s1. The van der Waals surface area contributed by atoms with E-state index in [0.717, 1.165) is 12.1 Å². The highest BCUT2D eigenvalue weighted by Crippen LogP contribution is 2.17. The maximum Gasteiger partial charge on any atom is 0.246 e. The Labute approximate surface area is 154 Å². The van der Waals surface area contributed by atoms with Gasteiger partial charge in [0.25, 0.3) is 0 Å². The average molecular weight is 368 g/mol. The van der Waals surface area contributed by atoms with Crippen LogP contribution in [0.5, 0.6) is 0 Å². The molecule has 0 fully saturated rings. The summed E-state index contributed by atoms with van der Waals surface area (Å²) in [6.07, 6.45) is 0. The Morgan fingerprint density at radius 2 is 1.92 bits per heavy atom. The molecular weight excluding hydrogens is 342 g/mol. The van der Waals surface area contributed by atoms with Crippen LogP contribution in [0.15, 0.2) is 28.8 Å². The van der Waals surface area contributed by atoms with Crippen molar-refractivity contribution in [1.82, 2.24) is 20.4 Å². The first-order valence-corrected chi connectivity index (χ1v) is 7.96. The van der Waals surface area contributed by atoms with Gasteiger partial charge >= 0.3 is 0 Å². The first-order chi connectivity index (χ1) is 11.4. The molecule has 0 aliphatic rings. The number of benzene rings is 1. The average Bonchev–Trinajstić information content (AvgIpc) is 3.00. The number of rotatable bonds is 7. The van der Waals surface area contributed by atoms with Crippen LogP contribution in [0, 0.1) is 5.92 Å². The molecule has 0 aliphatic carbocycles. The van der Waals surface area contributed by atoms with Crippen molar-refractivity contribution in [2.75, 3.05) is 14.1 Å². The summed E-state index contributed by atoms with van der Waals surface area (Å²) < 4.78 is 5.18. The Morgan fingerprint density at radius 3 is 2.48 bits per heavy atom. The highest BCUT2D eigenvalue weighted by atomic mass is 35.5. The molecule has 8 heteroatoms. The van der Waals surface area contributed by atoms with E-state index in [9.17, 15) is 4.79 Å². The third-order valence-electron chi connectivity index (χ3n) is 3.61. The van der Waals surface area contributed by atoms with Crippen LogP contribution >= 0.6 is 12.4 Å². The molecule has 0 saturated carbocycles. The van der Waals surface area contributed by atoms with Crippen molar-refractivity contribution in [2.24, 2.45) is 11.7 Å². The maximum atomic E-state index is 11.8. The smallest absolute Gasteiger partial charge is 0.246 e. The molecule has 3 N–H and O–H groups in total. The van der Waals surface area contributed by atoms with Gasteiger partial charge in [0.1, 0.15) is 0 Å². The summed E-state index contributed by atoms with van der Waals surface area (Å²) in [6.45, 7) is 4.84. The quantitative estimate of drug-likeness (QED) is 0.774. The van der Waals surface area contributed by atoms with Gasteiger partial charge in [0.05, 0.1) is 12.6 Å². The van der Waals surface area contributed by atoms with Gasteiger partial charge in [-0.1, -0.05) is 43.3 Å². The first-order valence-electron chi connectivity index (χ1n) is 7.96. The van der Waals surface area contributed by atoms with Gasteiger partial charge in [-0.3, -0.25) is 4.79 Å². The first kappa shape index (κ1) is 21.1. The van der Waals surface area contributed by atoms with Crippen molar-refractivity contribution in [1.29, 1.82) is 0 Å². The van der Waals surface area contributed by atoms with E-state index in [1.54, 1.807) is 0 Å². The second kappa shape index (κ2) is 9.50. The molecule has 0 unspecified atom stereocenters. The molecule has 7 nitrogen and oxygen atoms in total. The number of carbonyl (C=O) groups is 1. The maximum absolute atomic E-state index is 11.8. The van der Waals surface area contributed by atoms with Crippen LogP contribution in [0.4, 0.5) is 0 Å². The molecule has 0 spiro atoms. The van der Waals surface area contributed by atoms with Gasteiger partial charge in [0.2, 0.25) is 17.6 Å². The Kier molecular flexibility index (Phi) is 8.02. The lowest BCUT2D eigenvalue weighted by Gasteiger charge is -2.14. The predicted molar refractivity (Wildman–Crippen MR) is 99.0 cm³/mol. The van der Waals surface area contributed by atoms with E-state index in [0.29, 0.717) is 11.7 Å². The second-order valence-corrected chi connectivity index (χ2v) is 6.43. The van der Waals surface area contributed by atoms with Crippen LogP contribution in [0.1, 0.15) is 25.3 Å². The number of hydrogen-bond donors (Lipinski definition) is 2. The van der Waals surface area contributed by atoms with Gasteiger partial charge < -0.3 is 20.5 Å². The van der Waals surface area contributed by atoms with Crippen LogP contribution < -0.4 is 11.1 Å². The van der Waals surface area contributed by atoms with Gasteiger partial charge in [-0.2, -0.15) is 4.98 Å². The Balaban J connectivity index is 0.00000312. The minimum atomic E-state index is -0.545. The van der Waals surface area contributed by atoms with E-state index in [1.165, 1.54) is 5.56 Å². The lowest BCUT2D eigenvalue weighted by atomic mass is 10.1. The summed E-state index contributed by atoms with van der Waals surface area (Å²) in [6, 6.07) is 7.45. The topological polar surface area (TPSA) is 97.3 Å². The molecule has 1 aromatic heterocycles. The molecule has 0 bridgehead atoms. The van der Waals surface area contributed by atoms with E-state index < -0.39 is 6.04 Å². The summed E-state index contributed by atoms with van der Waals surface area (Å²) in [4.78, 5) is 18.2. The van der Waals surface area contributed by atoms with Crippen molar-refractivity contribution in [3.05, 3.63) is 35.7 Å². The summed E-state index contributed by atoms with van der Waals surface area (Å²) in [5.74, 6) is 0.706. The van der Waals surface area contributed by atoms with E-state index in [2.05, 4.69) is 20.4 Å². The van der Waals surface area contributed by atoms with E-state index >= 15 is 0 Å². The molecule has 0 radical (unpaired) electrons. The van der Waals surface area contributed by atoms with Gasteiger partial charge in [-0.05, 0) is 25.6 Å². The van der Waals surface area contributed by atoms with E-state index in [4.69, 9.17) is 10.3 Å². The third-order valence-corrected chi connectivity index (χ3v) is 3.61. The molecule has 1 aromatic carbocycles. The summed E-state index contributed by atoms with van der Waals surface area (Å²) in [5.41, 5.74) is 7.87. The highest BCUT2D eigenvalue weighted by Gasteiger charge is 2.18. The largest absolute Gasteiger partial charge is 0.346 e. The molecule has 1 atom stereocenters. The second-order valence-electron chi connectivity index (χ2n) is 6.43. The van der Waals surface area contributed by atoms with Gasteiger partial charge in [-0.25, -0.2) is 0 Å². The number of aromatic nitrogens is 2. The van der Waals surface area contributed by atoms with Crippen molar-refractivity contribution < 1.29 is 9.32 Å². The minimum Gasteiger partial charge on any atom is -0.346 e. The minimum absolute atomic E-state index is 0. The number of nitrogens with two attached hydrogens (primary N) is 1. The number of nitrogens with one attached hydrogen (secondary N) is 1. The van der Waals surface area contributed by atoms with E-state index in [-0.39, 0.29) is 30.8 Å². The number of carbonyl (C=O) groups excluding carboxylic acids is 1. The zero-order valence-corrected chi connectivity index (χ0v) is 15.8. The molecule has 0 aliphatic heterocycles. The number of halogens is 1. The monoisotopic (exact) mass is 367 g/mol. The molecule has 25 heavy (non-hydrogen) atoms. The SMILES string of the molecule is CC(C)[C@H](N)C(=O)NCc1nc(-c2ccc(CN(C)C)cc2)no1.Cl. The molecule has 1 heterocycles. The van der Waals surface area contributed by atoms with Crippen LogP contribution in [0.3, 0.4) is 0 Å². The normalized spacial score (nSPS) is 12.1. The highest BCUT2D eigenvalue weighted by molar-refractivity contribution is 5.85.